The van der Waals surface area contributed by atoms with E-state index in [0.29, 0.717) is 13.0 Å². The highest BCUT2D eigenvalue weighted by atomic mass is 16.4. The number of rotatable bonds is 2. The van der Waals surface area contributed by atoms with Crippen LogP contribution in [0.2, 0.25) is 0 Å². The maximum absolute atomic E-state index is 11.6. The molecule has 80 valence electrons. The van der Waals surface area contributed by atoms with E-state index in [0.717, 1.165) is 19.3 Å². The van der Waals surface area contributed by atoms with Crippen molar-refractivity contribution in [2.75, 3.05) is 13.1 Å². The Morgan fingerprint density at radius 2 is 2.21 bits per heavy atom. The van der Waals surface area contributed by atoms with E-state index in [9.17, 15) is 9.59 Å². The largest absolute Gasteiger partial charge is 0.480 e. The summed E-state index contributed by atoms with van der Waals surface area (Å²) >= 11 is 0. The van der Waals surface area contributed by atoms with Crippen LogP contribution in [0.25, 0.3) is 0 Å². The van der Waals surface area contributed by atoms with Gasteiger partial charge in [0.15, 0.2) is 0 Å². The summed E-state index contributed by atoms with van der Waals surface area (Å²) < 4.78 is 0. The molecule has 0 radical (unpaired) electrons. The molecular formula is C9H16N2O3. The second-order valence-corrected chi connectivity index (χ2v) is 3.61. The van der Waals surface area contributed by atoms with E-state index in [-0.39, 0.29) is 12.5 Å². The zero-order valence-electron chi connectivity index (χ0n) is 8.11. The van der Waals surface area contributed by atoms with Gasteiger partial charge in [0.1, 0.15) is 6.54 Å². The highest BCUT2D eigenvalue weighted by Gasteiger charge is 2.23. The fourth-order valence-corrected chi connectivity index (χ4v) is 1.63. The molecule has 1 fully saturated rings. The standard InChI is InChI=1S/C9H16N2O3/c10-7-4-2-1-3-5-11(9(7)14)6-8(12)13/h7H,1-6,10H2,(H,12,13)/t7-/m0/s1. The van der Waals surface area contributed by atoms with Gasteiger partial charge < -0.3 is 15.7 Å². The maximum atomic E-state index is 11.6. The SMILES string of the molecule is N[C@H]1CCCCCN(CC(=O)O)C1=O. The fourth-order valence-electron chi connectivity index (χ4n) is 1.63. The molecule has 1 rings (SSSR count). The number of carbonyl (C=O) groups excluding carboxylic acids is 1. The lowest BCUT2D eigenvalue weighted by atomic mass is 10.0. The first-order valence-electron chi connectivity index (χ1n) is 4.87. The van der Waals surface area contributed by atoms with Crippen molar-refractivity contribution in [1.82, 2.24) is 4.90 Å². The molecule has 0 unspecified atom stereocenters. The summed E-state index contributed by atoms with van der Waals surface area (Å²) in [6.07, 6.45) is 3.49. The summed E-state index contributed by atoms with van der Waals surface area (Å²) in [7, 11) is 0. The minimum atomic E-state index is -0.980. The zero-order chi connectivity index (χ0) is 10.6. The number of carboxylic acid groups (broad SMARTS) is 1. The molecule has 0 saturated carbocycles. The number of nitrogens with zero attached hydrogens (tertiary/aromatic N) is 1. The second-order valence-electron chi connectivity index (χ2n) is 3.61. The van der Waals surface area contributed by atoms with Crippen molar-refractivity contribution in [3.63, 3.8) is 0 Å². The second kappa shape index (κ2) is 4.95. The van der Waals surface area contributed by atoms with Gasteiger partial charge in [-0.1, -0.05) is 12.8 Å². The molecule has 1 amide bonds. The Labute approximate surface area is 82.9 Å². The Morgan fingerprint density at radius 1 is 1.50 bits per heavy atom. The van der Waals surface area contributed by atoms with Crippen molar-refractivity contribution in [2.24, 2.45) is 5.73 Å². The van der Waals surface area contributed by atoms with Crippen LogP contribution in [-0.2, 0) is 9.59 Å². The van der Waals surface area contributed by atoms with E-state index in [1.54, 1.807) is 0 Å². The van der Waals surface area contributed by atoms with Crippen molar-refractivity contribution in [3.8, 4) is 0 Å². The van der Waals surface area contributed by atoms with E-state index in [4.69, 9.17) is 10.8 Å². The van der Waals surface area contributed by atoms with Gasteiger partial charge in [-0.25, -0.2) is 0 Å². The van der Waals surface area contributed by atoms with Gasteiger partial charge in [-0.15, -0.1) is 0 Å². The molecule has 0 aliphatic carbocycles. The summed E-state index contributed by atoms with van der Waals surface area (Å²) in [5.41, 5.74) is 5.63. The molecule has 5 nitrogen and oxygen atoms in total. The van der Waals surface area contributed by atoms with Crippen LogP contribution in [0.3, 0.4) is 0 Å². The predicted octanol–water partition coefficient (Wildman–Crippen LogP) is -0.199. The summed E-state index contributed by atoms with van der Waals surface area (Å²) in [6.45, 7) is 0.283. The Bertz CT molecular complexity index is 230. The van der Waals surface area contributed by atoms with Gasteiger partial charge in [-0.3, -0.25) is 9.59 Å². The number of hydrogen-bond donors (Lipinski definition) is 2. The number of carboxylic acids is 1. The molecular weight excluding hydrogens is 184 g/mol. The topological polar surface area (TPSA) is 83.6 Å². The number of carbonyl (C=O) groups is 2. The molecule has 14 heavy (non-hydrogen) atoms. The first-order valence-corrected chi connectivity index (χ1v) is 4.87. The lowest BCUT2D eigenvalue weighted by molar-refractivity contribution is -0.145. The lowest BCUT2D eigenvalue weighted by Crippen LogP contribution is -2.47. The molecule has 0 aromatic heterocycles. The van der Waals surface area contributed by atoms with E-state index in [1.807, 2.05) is 0 Å². The molecule has 1 atom stereocenters. The van der Waals surface area contributed by atoms with Crippen LogP contribution in [0.15, 0.2) is 0 Å². The van der Waals surface area contributed by atoms with Gasteiger partial charge in [-0.05, 0) is 12.8 Å². The first kappa shape index (κ1) is 11.0. The Hall–Kier alpha value is -1.10. The third-order valence-electron chi connectivity index (χ3n) is 2.40. The molecule has 0 bridgehead atoms. The predicted molar refractivity (Wildman–Crippen MR) is 50.7 cm³/mol. The van der Waals surface area contributed by atoms with E-state index < -0.39 is 12.0 Å². The van der Waals surface area contributed by atoms with Crippen LogP contribution in [-0.4, -0.2) is 41.0 Å². The molecule has 0 aromatic carbocycles. The zero-order valence-corrected chi connectivity index (χ0v) is 8.11. The third kappa shape index (κ3) is 2.99. The van der Waals surface area contributed by atoms with Gasteiger partial charge in [-0.2, -0.15) is 0 Å². The van der Waals surface area contributed by atoms with Crippen molar-refractivity contribution >= 4 is 11.9 Å². The van der Waals surface area contributed by atoms with Gasteiger partial charge >= 0.3 is 5.97 Å². The summed E-state index contributed by atoms with van der Waals surface area (Å²) in [4.78, 5) is 23.4. The van der Waals surface area contributed by atoms with Crippen LogP contribution < -0.4 is 5.73 Å². The first-order chi connectivity index (χ1) is 6.61. The van der Waals surface area contributed by atoms with Crippen molar-refractivity contribution < 1.29 is 14.7 Å². The number of aliphatic carboxylic acids is 1. The highest BCUT2D eigenvalue weighted by molar-refractivity contribution is 5.85. The molecule has 1 saturated heterocycles. The smallest absolute Gasteiger partial charge is 0.323 e. The molecule has 0 spiro atoms. The van der Waals surface area contributed by atoms with Crippen molar-refractivity contribution in [1.29, 1.82) is 0 Å². The molecule has 1 heterocycles. The summed E-state index contributed by atoms with van der Waals surface area (Å²) in [6, 6.07) is -0.519. The van der Waals surface area contributed by atoms with Gasteiger partial charge in [0.2, 0.25) is 5.91 Å². The maximum Gasteiger partial charge on any atom is 0.323 e. The van der Waals surface area contributed by atoms with Crippen LogP contribution >= 0.6 is 0 Å². The Morgan fingerprint density at radius 3 is 2.86 bits per heavy atom. The molecule has 5 heteroatoms. The number of nitrogens with two attached hydrogens (primary N) is 1. The minimum absolute atomic E-state index is 0.230. The number of hydrogen-bond acceptors (Lipinski definition) is 3. The number of likely N-dealkylation sites (tertiary alicyclic amines) is 1. The van der Waals surface area contributed by atoms with Crippen LogP contribution in [0, 0.1) is 0 Å². The van der Waals surface area contributed by atoms with E-state index >= 15 is 0 Å². The van der Waals surface area contributed by atoms with Gasteiger partial charge in [0.25, 0.3) is 0 Å². The fraction of sp³-hybridized carbons (Fsp3) is 0.778. The average Bonchev–Trinajstić information content (AvgIpc) is 2.11. The minimum Gasteiger partial charge on any atom is -0.480 e. The highest BCUT2D eigenvalue weighted by Crippen LogP contribution is 2.10. The molecule has 1 aliphatic rings. The lowest BCUT2D eigenvalue weighted by Gasteiger charge is -2.26. The average molecular weight is 200 g/mol. The quantitative estimate of drug-likeness (QED) is 0.646. The molecule has 0 aromatic rings. The van der Waals surface area contributed by atoms with Crippen LogP contribution in [0.1, 0.15) is 25.7 Å². The number of amides is 1. The van der Waals surface area contributed by atoms with E-state index in [1.165, 1.54) is 4.90 Å². The Balaban J connectivity index is 2.59. The molecule has 1 aliphatic heterocycles. The van der Waals surface area contributed by atoms with Crippen molar-refractivity contribution in [3.05, 3.63) is 0 Å². The summed E-state index contributed by atoms with van der Waals surface area (Å²) in [5, 5.41) is 8.60. The normalized spacial score (nSPS) is 24.2. The Kier molecular flexibility index (Phi) is 3.88. The van der Waals surface area contributed by atoms with Crippen molar-refractivity contribution in [2.45, 2.75) is 31.7 Å². The monoisotopic (exact) mass is 200 g/mol. The van der Waals surface area contributed by atoms with Crippen LogP contribution in [0.4, 0.5) is 0 Å². The molecule has 3 N–H and O–H groups in total. The van der Waals surface area contributed by atoms with Gasteiger partial charge in [0.05, 0.1) is 6.04 Å². The van der Waals surface area contributed by atoms with E-state index in [2.05, 4.69) is 0 Å². The summed E-state index contributed by atoms with van der Waals surface area (Å²) in [5.74, 6) is -1.21. The van der Waals surface area contributed by atoms with Gasteiger partial charge in [0, 0.05) is 6.54 Å². The third-order valence-corrected chi connectivity index (χ3v) is 2.40. The van der Waals surface area contributed by atoms with Crippen LogP contribution in [0.5, 0.6) is 0 Å².